The molecule has 1 aliphatic rings. The number of hydrogen-bond acceptors (Lipinski definition) is 3. The smallest absolute Gasteiger partial charge is 0.269 e. The molecule has 2 rings (SSSR count). The number of rotatable bonds is 4. The molecule has 1 aromatic rings. The van der Waals surface area contributed by atoms with E-state index < -0.39 is 0 Å². The largest absolute Gasteiger partial charge is 0.378 e. The lowest BCUT2D eigenvalue weighted by Gasteiger charge is -2.22. The van der Waals surface area contributed by atoms with Crippen molar-refractivity contribution in [2.45, 2.75) is 31.8 Å². The molecule has 0 saturated carbocycles. The number of pyridine rings is 1. The maximum Gasteiger partial charge on any atom is 0.269 e. The van der Waals surface area contributed by atoms with Gasteiger partial charge in [0.25, 0.3) is 5.91 Å². The first-order chi connectivity index (χ1) is 8.75. The summed E-state index contributed by atoms with van der Waals surface area (Å²) in [5.41, 5.74) is 0.447. The summed E-state index contributed by atoms with van der Waals surface area (Å²) in [4.78, 5) is 15.8. The standard InChI is InChI=1S/C13H17BrN2O2/c14-10-4-5-12(16-9-10)13(17)15-7-6-11-3-1-2-8-18-11/h4-5,9,11H,1-3,6-8H2,(H,15,17). The van der Waals surface area contributed by atoms with Gasteiger partial charge in [-0.25, -0.2) is 4.98 Å². The highest BCUT2D eigenvalue weighted by Crippen LogP contribution is 2.14. The van der Waals surface area contributed by atoms with Gasteiger partial charge in [0.15, 0.2) is 0 Å². The van der Waals surface area contributed by atoms with Crippen LogP contribution in [0.1, 0.15) is 36.2 Å². The molecule has 1 N–H and O–H groups in total. The van der Waals surface area contributed by atoms with Crippen molar-refractivity contribution in [2.75, 3.05) is 13.2 Å². The molecule has 1 aromatic heterocycles. The number of nitrogens with zero attached hydrogens (tertiary/aromatic N) is 1. The number of nitrogens with one attached hydrogen (secondary N) is 1. The monoisotopic (exact) mass is 312 g/mol. The second kappa shape index (κ2) is 6.85. The van der Waals surface area contributed by atoms with Crippen LogP contribution in [-0.4, -0.2) is 30.1 Å². The molecule has 98 valence electrons. The second-order valence-electron chi connectivity index (χ2n) is 4.39. The third kappa shape index (κ3) is 4.07. The van der Waals surface area contributed by atoms with E-state index in [9.17, 15) is 4.79 Å². The molecule has 0 bridgehead atoms. The van der Waals surface area contributed by atoms with E-state index in [-0.39, 0.29) is 5.91 Å². The van der Waals surface area contributed by atoms with Crippen molar-refractivity contribution < 1.29 is 9.53 Å². The van der Waals surface area contributed by atoms with Crippen molar-refractivity contribution in [1.29, 1.82) is 0 Å². The molecule has 1 fully saturated rings. The van der Waals surface area contributed by atoms with E-state index in [1.165, 1.54) is 6.42 Å². The lowest BCUT2D eigenvalue weighted by molar-refractivity contribution is 0.0117. The quantitative estimate of drug-likeness (QED) is 0.929. The second-order valence-corrected chi connectivity index (χ2v) is 5.31. The normalized spacial score (nSPS) is 19.5. The first-order valence-corrected chi connectivity index (χ1v) is 7.06. The summed E-state index contributed by atoms with van der Waals surface area (Å²) in [5.74, 6) is -0.127. The Bertz CT molecular complexity index is 388. The lowest BCUT2D eigenvalue weighted by Crippen LogP contribution is -2.29. The molecule has 1 saturated heterocycles. The minimum atomic E-state index is -0.127. The van der Waals surface area contributed by atoms with E-state index in [4.69, 9.17) is 4.74 Å². The van der Waals surface area contributed by atoms with Crippen LogP contribution in [0.2, 0.25) is 0 Å². The minimum absolute atomic E-state index is 0.127. The van der Waals surface area contributed by atoms with Crippen molar-refractivity contribution in [2.24, 2.45) is 0 Å². The highest BCUT2D eigenvalue weighted by Gasteiger charge is 2.14. The Balaban J connectivity index is 1.72. The van der Waals surface area contributed by atoms with Crippen LogP contribution in [0.25, 0.3) is 0 Å². The van der Waals surface area contributed by atoms with Gasteiger partial charge in [-0.2, -0.15) is 0 Å². The van der Waals surface area contributed by atoms with Gasteiger partial charge in [0.2, 0.25) is 0 Å². The Hall–Kier alpha value is -0.940. The number of aromatic nitrogens is 1. The van der Waals surface area contributed by atoms with Gasteiger partial charge >= 0.3 is 0 Å². The van der Waals surface area contributed by atoms with Crippen LogP contribution in [0, 0.1) is 0 Å². The van der Waals surface area contributed by atoms with Crippen LogP contribution in [0.4, 0.5) is 0 Å². The summed E-state index contributed by atoms with van der Waals surface area (Å²) in [5, 5.41) is 2.87. The lowest BCUT2D eigenvalue weighted by atomic mass is 10.1. The first kappa shape index (κ1) is 13.5. The molecule has 0 aromatic carbocycles. The van der Waals surface area contributed by atoms with E-state index in [0.717, 1.165) is 30.3 Å². The Labute approximate surface area is 115 Å². The fourth-order valence-corrected chi connectivity index (χ4v) is 2.22. The molecule has 0 aliphatic carbocycles. The number of hydrogen-bond donors (Lipinski definition) is 1. The van der Waals surface area contributed by atoms with E-state index >= 15 is 0 Å². The highest BCUT2D eigenvalue weighted by molar-refractivity contribution is 9.10. The highest BCUT2D eigenvalue weighted by atomic mass is 79.9. The number of carbonyl (C=O) groups excluding carboxylic acids is 1. The Morgan fingerprint density at radius 1 is 1.50 bits per heavy atom. The van der Waals surface area contributed by atoms with Crippen molar-refractivity contribution >= 4 is 21.8 Å². The van der Waals surface area contributed by atoms with Crippen LogP contribution in [0.3, 0.4) is 0 Å². The molecule has 1 atom stereocenters. The minimum Gasteiger partial charge on any atom is -0.378 e. The van der Waals surface area contributed by atoms with E-state index in [1.807, 2.05) is 6.07 Å². The third-order valence-electron chi connectivity index (χ3n) is 2.99. The van der Waals surface area contributed by atoms with Gasteiger partial charge in [0, 0.05) is 23.8 Å². The summed E-state index contributed by atoms with van der Waals surface area (Å²) in [6, 6.07) is 3.52. The molecule has 18 heavy (non-hydrogen) atoms. The number of carbonyl (C=O) groups is 1. The predicted molar refractivity (Wildman–Crippen MR) is 72.5 cm³/mol. The zero-order chi connectivity index (χ0) is 12.8. The fourth-order valence-electron chi connectivity index (χ4n) is 1.98. The van der Waals surface area contributed by atoms with Crippen molar-refractivity contribution in [3.8, 4) is 0 Å². The summed E-state index contributed by atoms with van der Waals surface area (Å²) in [6.45, 7) is 1.49. The summed E-state index contributed by atoms with van der Waals surface area (Å²) in [6.07, 6.45) is 6.30. The SMILES string of the molecule is O=C(NCCC1CCCCO1)c1ccc(Br)cn1. The van der Waals surface area contributed by atoms with Crippen LogP contribution in [0.5, 0.6) is 0 Å². The van der Waals surface area contributed by atoms with Crippen LogP contribution in [0.15, 0.2) is 22.8 Å². The topological polar surface area (TPSA) is 51.2 Å². The van der Waals surface area contributed by atoms with E-state index in [1.54, 1.807) is 12.3 Å². The first-order valence-electron chi connectivity index (χ1n) is 6.27. The molecule has 0 spiro atoms. The zero-order valence-electron chi connectivity index (χ0n) is 10.2. The summed E-state index contributed by atoms with van der Waals surface area (Å²) < 4.78 is 6.48. The summed E-state index contributed by atoms with van der Waals surface area (Å²) in [7, 11) is 0. The van der Waals surface area contributed by atoms with Crippen LogP contribution in [-0.2, 0) is 4.74 Å². The Kier molecular flexibility index (Phi) is 5.13. The Morgan fingerprint density at radius 2 is 2.39 bits per heavy atom. The van der Waals surface area contributed by atoms with Crippen LogP contribution >= 0.6 is 15.9 Å². The number of ether oxygens (including phenoxy) is 1. The van der Waals surface area contributed by atoms with Gasteiger partial charge in [0.05, 0.1) is 6.10 Å². The summed E-state index contributed by atoms with van der Waals surface area (Å²) >= 11 is 3.29. The van der Waals surface area contributed by atoms with Gasteiger partial charge < -0.3 is 10.1 Å². The maximum atomic E-state index is 11.8. The average Bonchev–Trinajstić information content (AvgIpc) is 2.40. The molecule has 0 radical (unpaired) electrons. The fraction of sp³-hybridized carbons (Fsp3) is 0.538. The number of amides is 1. The van der Waals surface area contributed by atoms with Gasteiger partial charge in [-0.05, 0) is 53.7 Å². The molecule has 1 unspecified atom stereocenters. The maximum absolute atomic E-state index is 11.8. The van der Waals surface area contributed by atoms with E-state index in [2.05, 4.69) is 26.2 Å². The van der Waals surface area contributed by atoms with Gasteiger partial charge in [0.1, 0.15) is 5.69 Å². The third-order valence-corrected chi connectivity index (χ3v) is 3.45. The molecular weight excluding hydrogens is 296 g/mol. The van der Waals surface area contributed by atoms with Crippen molar-refractivity contribution in [3.05, 3.63) is 28.5 Å². The van der Waals surface area contributed by atoms with Crippen molar-refractivity contribution in [3.63, 3.8) is 0 Å². The molecule has 5 heteroatoms. The Morgan fingerprint density at radius 3 is 3.06 bits per heavy atom. The molecular formula is C13H17BrN2O2. The van der Waals surface area contributed by atoms with Gasteiger partial charge in [-0.1, -0.05) is 0 Å². The average molecular weight is 313 g/mol. The molecule has 1 amide bonds. The van der Waals surface area contributed by atoms with Gasteiger partial charge in [-0.3, -0.25) is 4.79 Å². The van der Waals surface area contributed by atoms with Crippen LogP contribution < -0.4 is 5.32 Å². The van der Waals surface area contributed by atoms with E-state index in [0.29, 0.717) is 18.3 Å². The predicted octanol–water partition coefficient (Wildman–Crippen LogP) is 2.53. The molecule has 1 aliphatic heterocycles. The van der Waals surface area contributed by atoms with Crippen molar-refractivity contribution in [1.82, 2.24) is 10.3 Å². The number of halogens is 1. The van der Waals surface area contributed by atoms with Gasteiger partial charge in [-0.15, -0.1) is 0 Å². The molecule has 4 nitrogen and oxygen atoms in total. The molecule has 2 heterocycles. The zero-order valence-corrected chi connectivity index (χ0v) is 11.8.